The normalized spacial score (nSPS) is 9.26. The van der Waals surface area contributed by atoms with Crippen LogP contribution in [0.15, 0.2) is 105 Å². The summed E-state index contributed by atoms with van der Waals surface area (Å²) in [5.41, 5.74) is 0. The molecular formula is C25H34S2. The maximum atomic E-state index is 2.28. The highest BCUT2D eigenvalue weighted by atomic mass is 32.2. The minimum atomic E-state index is -0.0361. The first kappa shape index (κ1) is 25.4. The predicted molar refractivity (Wildman–Crippen MR) is 127 cm³/mol. The van der Waals surface area contributed by atoms with E-state index >= 15 is 0 Å². The highest BCUT2D eigenvalue weighted by Crippen LogP contribution is 2.32. The quantitative estimate of drug-likeness (QED) is 0.236. The van der Waals surface area contributed by atoms with Crippen LogP contribution in [-0.2, 0) is 10.9 Å². The van der Waals surface area contributed by atoms with Gasteiger partial charge in [0.1, 0.15) is 0 Å². The Kier molecular flexibility index (Phi) is 14.5. The molecule has 0 fully saturated rings. The third-order valence-electron chi connectivity index (χ3n) is 3.33. The van der Waals surface area contributed by atoms with Gasteiger partial charge in [-0.05, 0) is 54.3 Å². The van der Waals surface area contributed by atoms with Crippen LogP contribution in [0.1, 0.15) is 34.6 Å². The van der Waals surface area contributed by atoms with Crippen LogP contribution in [0.25, 0.3) is 0 Å². The van der Waals surface area contributed by atoms with Crippen LogP contribution < -0.4 is 0 Å². The summed E-state index contributed by atoms with van der Waals surface area (Å²) in [7, 11) is -0.0361. The van der Waals surface area contributed by atoms with E-state index in [1.807, 2.05) is 39.5 Å². The van der Waals surface area contributed by atoms with Crippen molar-refractivity contribution in [2.24, 2.45) is 0 Å². The summed E-state index contributed by atoms with van der Waals surface area (Å²) in [5.74, 6) is 1.11. The average Bonchev–Trinajstić information content (AvgIpc) is 2.74. The minimum absolute atomic E-state index is 0. The lowest BCUT2D eigenvalue weighted by Gasteiger charge is -2.08. The molecule has 0 aliphatic rings. The van der Waals surface area contributed by atoms with Crippen molar-refractivity contribution in [1.29, 1.82) is 0 Å². The Balaban J connectivity index is 0.00000127. The Morgan fingerprint density at radius 3 is 1.33 bits per heavy atom. The highest BCUT2D eigenvalue weighted by Gasteiger charge is 2.27. The maximum Gasteiger partial charge on any atom is 0.166 e. The lowest BCUT2D eigenvalue weighted by molar-refractivity contribution is 1.28. The van der Waals surface area contributed by atoms with Crippen molar-refractivity contribution >= 4 is 22.7 Å². The first-order valence-corrected chi connectivity index (χ1v) is 11.7. The molecule has 0 nitrogen and oxygen atoms in total. The molecule has 0 atom stereocenters. The molecule has 0 aliphatic carbocycles. The predicted octanol–water partition coefficient (Wildman–Crippen LogP) is 8.40. The molecule has 0 saturated heterocycles. The van der Waals surface area contributed by atoms with Crippen LogP contribution >= 0.6 is 11.8 Å². The van der Waals surface area contributed by atoms with Crippen molar-refractivity contribution in [3.8, 4) is 0 Å². The third kappa shape index (κ3) is 7.86. The van der Waals surface area contributed by atoms with Crippen molar-refractivity contribution < 1.29 is 0 Å². The monoisotopic (exact) mass is 398 g/mol. The Hall–Kier alpha value is -1.64. The Labute approximate surface area is 174 Å². The summed E-state index contributed by atoms with van der Waals surface area (Å²) in [5, 5.41) is 0. The molecule has 0 bridgehead atoms. The summed E-state index contributed by atoms with van der Waals surface area (Å²) in [6, 6.07) is 30.6. The largest absolute Gasteiger partial charge is 0.358 e. The van der Waals surface area contributed by atoms with E-state index < -0.39 is 0 Å². The van der Waals surface area contributed by atoms with E-state index in [1.165, 1.54) is 19.6 Å². The van der Waals surface area contributed by atoms with Gasteiger partial charge < -0.3 is 7.43 Å². The van der Waals surface area contributed by atoms with Gasteiger partial charge in [-0.1, -0.05) is 71.0 Å². The minimum Gasteiger partial charge on any atom is -0.358 e. The van der Waals surface area contributed by atoms with E-state index in [4.69, 9.17) is 0 Å². The fraction of sp³-hybridized carbons (Fsp3) is 0.240. The maximum absolute atomic E-state index is 2.28. The number of thioether (sulfide) groups is 1. The summed E-state index contributed by atoms with van der Waals surface area (Å²) < 4.78 is 0. The molecule has 0 spiro atoms. The van der Waals surface area contributed by atoms with Crippen LogP contribution in [0.5, 0.6) is 0 Å². The van der Waals surface area contributed by atoms with Gasteiger partial charge in [0.15, 0.2) is 14.7 Å². The van der Waals surface area contributed by atoms with E-state index in [0.29, 0.717) is 0 Å². The van der Waals surface area contributed by atoms with Gasteiger partial charge in [0, 0.05) is 4.90 Å². The number of benzene rings is 3. The van der Waals surface area contributed by atoms with Gasteiger partial charge in [-0.3, -0.25) is 0 Å². The molecular weight excluding hydrogens is 364 g/mol. The number of hydrogen-bond donors (Lipinski definition) is 0. The molecule has 2 heteroatoms. The third-order valence-corrected chi connectivity index (χ3v) is 6.45. The van der Waals surface area contributed by atoms with Crippen LogP contribution in [0.4, 0.5) is 0 Å². The lowest BCUT2D eigenvalue weighted by atomic mass is 10.4. The fourth-order valence-electron chi connectivity index (χ4n) is 2.36. The van der Waals surface area contributed by atoms with Gasteiger partial charge in [-0.15, -0.1) is 11.8 Å². The number of rotatable bonds is 5. The smallest absolute Gasteiger partial charge is 0.166 e. The van der Waals surface area contributed by atoms with Crippen molar-refractivity contribution in [3.05, 3.63) is 92.4 Å². The van der Waals surface area contributed by atoms with Gasteiger partial charge in [0.2, 0.25) is 0 Å². The lowest BCUT2D eigenvalue weighted by Crippen LogP contribution is -2.04. The van der Waals surface area contributed by atoms with Gasteiger partial charge in [0.05, 0.1) is 10.9 Å². The summed E-state index contributed by atoms with van der Waals surface area (Å²) in [6.45, 7) is 10.2. The van der Waals surface area contributed by atoms with E-state index in [-0.39, 0.29) is 18.3 Å². The van der Waals surface area contributed by atoms with Crippen molar-refractivity contribution in [3.63, 3.8) is 0 Å². The topological polar surface area (TPSA) is 0 Å². The Bertz CT molecular complexity index is 652. The van der Waals surface area contributed by atoms with E-state index in [2.05, 4.69) is 91.9 Å². The molecule has 0 aromatic heterocycles. The summed E-state index contributed by atoms with van der Waals surface area (Å²) in [4.78, 5) is 5.45. The molecule has 0 radical (unpaired) electrons. The molecule has 3 aromatic rings. The molecule has 0 amide bonds. The van der Waals surface area contributed by atoms with Crippen molar-refractivity contribution in [2.45, 2.75) is 54.2 Å². The molecule has 0 aliphatic heterocycles. The first-order chi connectivity index (χ1) is 12.9. The summed E-state index contributed by atoms with van der Waals surface area (Å²) in [6.07, 6.45) is 0. The molecule has 0 heterocycles. The van der Waals surface area contributed by atoms with Crippen LogP contribution in [-0.4, -0.2) is 5.75 Å². The van der Waals surface area contributed by atoms with E-state index in [9.17, 15) is 0 Å². The fourth-order valence-corrected chi connectivity index (χ4v) is 5.11. The Morgan fingerprint density at radius 2 is 0.963 bits per heavy atom. The molecule has 3 rings (SSSR count). The average molecular weight is 399 g/mol. The molecule has 3 aromatic carbocycles. The zero-order chi connectivity index (χ0) is 19.2. The number of hydrogen-bond acceptors (Lipinski definition) is 1. The van der Waals surface area contributed by atoms with Gasteiger partial charge >= 0.3 is 0 Å². The van der Waals surface area contributed by atoms with Gasteiger partial charge in [-0.25, -0.2) is 0 Å². The molecule has 27 heavy (non-hydrogen) atoms. The second-order valence-corrected chi connectivity index (χ2v) is 8.20. The standard InChI is InChI=1S/C20H19S2.2C2H6.CH3/c1-2-21-17-13-15-20(16-14-17)22(18-9-5-3-6-10-18)19-11-7-4-8-12-19;2*1-2;/h3-16H,2H2,1H3;2*1-2H3;1H3/q+1;;;-1. The zero-order valence-corrected chi connectivity index (χ0v) is 19.2. The molecule has 0 unspecified atom stereocenters. The van der Waals surface area contributed by atoms with Crippen LogP contribution in [0.2, 0.25) is 0 Å². The Morgan fingerprint density at radius 1 is 0.593 bits per heavy atom. The molecule has 0 N–H and O–H groups in total. The van der Waals surface area contributed by atoms with Crippen molar-refractivity contribution in [1.82, 2.24) is 0 Å². The zero-order valence-electron chi connectivity index (χ0n) is 17.6. The summed E-state index contributed by atoms with van der Waals surface area (Å²) >= 11 is 1.89. The van der Waals surface area contributed by atoms with Crippen molar-refractivity contribution in [2.75, 3.05) is 5.75 Å². The molecule has 0 saturated carbocycles. The van der Waals surface area contributed by atoms with Crippen LogP contribution in [0.3, 0.4) is 0 Å². The van der Waals surface area contributed by atoms with Gasteiger partial charge in [0.25, 0.3) is 0 Å². The first-order valence-electron chi connectivity index (χ1n) is 9.46. The second kappa shape index (κ2) is 15.4. The van der Waals surface area contributed by atoms with E-state index in [0.717, 1.165) is 5.75 Å². The van der Waals surface area contributed by atoms with Gasteiger partial charge in [-0.2, -0.15) is 0 Å². The highest BCUT2D eigenvalue weighted by molar-refractivity contribution is 7.99. The van der Waals surface area contributed by atoms with E-state index in [1.54, 1.807) is 0 Å². The SMILES string of the molecule is CC.CC.CCSc1ccc([S+](c2ccccc2)c2ccccc2)cc1.[CH3-]. The molecule has 146 valence electrons. The second-order valence-electron chi connectivity index (χ2n) is 4.84. The van der Waals surface area contributed by atoms with Crippen LogP contribution in [0, 0.1) is 7.43 Å².